The first-order valence-electron chi connectivity index (χ1n) is 23.4. The lowest BCUT2D eigenvalue weighted by atomic mass is 9.99. The molecule has 7 aromatic rings. The fourth-order valence-electron chi connectivity index (χ4n) is 8.00. The molecule has 8 rings (SSSR count). The van der Waals surface area contributed by atoms with Crippen molar-refractivity contribution in [2.75, 3.05) is 26.4 Å². The predicted octanol–water partition coefficient (Wildman–Crippen LogP) is 11.4. The maximum absolute atomic E-state index is 13.6. The van der Waals surface area contributed by atoms with Crippen molar-refractivity contribution < 1.29 is 47.3 Å². The molecule has 6 aromatic carbocycles. The molecule has 0 atom stereocenters. The number of carbonyl (C=O) groups is 4. The second-order valence-electron chi connectivity index (χ2n) is 16.6. The van der Waals surface area contributed by atoms with Crippen molar-refractivity contribution in [3.63, 3.8) is 0 Å². The van der Waals surface area contributed by atoms with Gasteiger partial charge in [0.05, 0.1) is 48.3 Å². The summed E-state index contributed by atoms with van der Waals surface area (Å²) in [5.74, 6) is -0.379. The first-order valence-corrected chi connectivity index (χ1v) is 23.4. The van der Waals surface area contributed by atoms with Crippen molar-refractivity contribution in [3.8, 4) is 23.0 Å². The monoisotopic (exact) mass is 938 g/mol. The third-order valence-corrected chi connectivity index (χ3v) is 11.7. The van der Waals surface area contributed by atoms with Crippen LogP contribution in [0.5, 0.6) is 23.0 Å². The van der Waals surface area contributed by atoms with Crippen LogP contribution in [0.15, 0.2) is 160 Å². The van der Waals surface area contributed by atoms with Gasteiger partial charge in [0.15, 0.2) is 11.6 Å². The maximum Gasteiger partial charge on any atom is 0.347 e. The van der Waals surface area contributed by atoms with E-state index in [-0.39, 0.29) is 69.0 Å². The summed E-state index contributed by atoms with van der Waals surface area (Å²) in [6, 6.07) is 38.9. The topological polar surface area (TPSA) is 162 Å². The van der Waals surface area contributed by atoms with Crippen LogP contribution in [-0.2, 0) is 4.74 Å². The second-order valence-corrected chi connectivity index (χ2v) is 16.6. The van der Waals surface area contributed by atoms with Crippen LogP contribution in [0, 0.1) is 0 Å². The molecule has 0 radical (unpaired) electrons. The average Bonchev–Trinajstić information content (AvgIpc) is 3.49. The van der Waals surface area contributed by atoms with Crippen molar-refractivity contribution in [1.29, 1.82) is 0 Å². The summed E-state index contributed by atoms with van der Waals surface area (Å²) in [6.45, 7) is 1.51. The molecule has 0 N–H and O–H groups in total. The molecule has 0 saturated carbocycles. The van der Waals surface area contributed by atoms with E-state index in [2.05, 4.69) is 0 Å². The fraction of sp³-hybridized carbons (Fsp3) is 0.207. The lowest BCUT2D eigenvalue weighted by Crippen LogP contribution is -2.18. The maximum atomic E-state index is 13.6. The molecule has 354 valence electrons. The number of cyclic esters (lactones) is 2. The Labute approximate surface area is 403 Å². The minimum absolute atomic E-state index is 0.0641. The highest BCUT2D eigenvalue weighted by molar-refractivity contribution is 6.23. The third-order valence-electron chi connectivity index (χ3n) is 11.7. The van der Waals surface area contributed by atoms with Crippen LogP contribution in [0.2, 0.25) is 0 Å². The number of ether oxygens (including phenoxy) is 5. The van der Waals surface area contributed by atoms with Gasteiger partial charge in [0, 0.05) is 21.9 Å². The third kappa shape index (κ3) is 12.2. The van der Waals surface area contributed by atoms with E-state index in [1.807, 2.05) is 84.9 Å². The van der Waals surface area contributed by atoms with E-state index in [0.29, 0.717) is 37.2 Å². The minimum Gasteiger partial charge on any atom is -0.494 e. The zero-order valence-corrected chi connectivity index (χ0v) is 38.4. The highest BCUT2D eigenvalue weighted by atomic mass is 16.6. The van der Waals surface area contributed by atoms with Gasteiger partial charge < -0.3 is 28.1 Å². The molecule has 12 nitrogen and oxygen atoms in total. The largest absolute Gasteiger partial charge is 0.494 e. The van der Waals surface area contributed by atoms with Gasteiger partial charge in [-0.25, -0.2) is 19.2 Å². The minimum atomic E-state index is -1.07. The van der Waals surface area contributed by atoms with Crippen LogP contribution in [0.4, 0.5) is 0 Å². The zero-order chi connectivity index (χ0) is 48.7. The molecule has 2 heterocycles. The standard InChI is InChI=1S/C58H50O12/c59-47(41-15-7-5-8-16-41)31-23-39-19-25-43(26-20-39)65-35-11-1-3-13-37-67-49-33-29-45-51-53(49)54-50(34-30-46(56(62)69-55(45)61)52(54)58(64)70-57(51)63)68-38-14-4-2-12-36-66-44-27-21-40(22-28-44)24-32-48(60)42-17-9-6-10-18-42/h5-10,15-34H,1-4,11-14,35-38H2. The summed E-state index contributed by atoms with van der Waals surface area (Å²) in [4.78, 5) is 78.5. The Balaban J connectivity index is 0.842. The zero-order valence-electron chi connectivity index (χ0n) is 38.4. The van der Waals surface area contributed by atoms with E-state index < -0.39 is 23.2 Å². The molecule has 6 bridgehead atoms. The number of allylic oxidation sites excluding steroid dienone is 2. The quantitative estimate of drug-likeness (QED) is 0.0186. The molecule has 70 heavy (non-hydrogen) atoms. The van der Waals surface area contributed by atoms with Crippen LogP contribution in [0.1, 0.15) is 104 Å². The Morgan fingerprint density at radius 3 is 1.16 bits per heavy atom. The first kappa shape index (κ1) is 48.1. The molecular weight excluding hydrogens is 889 g/mol. The SMILES string of the molecule is O=C(C=Cc1ccc(OCCCCCCOc2ccc3c4c(=O)oc(=O)c5c(ccc(OCCCCCCOc6ccc(C=CC(=O)c7ccccc7)cc6)c5c24)C(=O)OC3=O)cc1)c1ccccc1. The normalized spacial score (nSPS) is 12.1. The van der Waals surface area contributed by atoms with Gasteiger partial charge in [0.2, 0.25) is 0 Å². The Kier molecular flexibility index (Phi) is 16.2. The van der Waals surface area contributed by atoms with Gasteiger partial charge in [-0.1, -0.05) is 97.1 Å². The molecule has 0 amide bonds. The number of unbranched alkanes of at least 4 members (excludes halogenated alkanes) is 6. The molecule has 12 heteroatoms. The molecule has 0 fully saturated rings. The lowest BCUT2D eigenvalue weighted by Gasteiger charge is -2.13. The molecule has 1 aromatic heterocycles. The smallest absolute Gasteiger partial charge is 0.347 e. The number of ketones is 2. The number of rotatable bonds is 24. The highest BCUT2D eigenvalue weighted by Gasteiger charge is 2.30. The van der Waals surface area contributed by atoms with E-state index in [0.717, 1.165) is 61.2 Å². The molecule has 0 unspecified atom stereocenters. The summed E-state index contributed by atoms with van der Waals surface area (Å²) in [5, 5.41) is -0.271. The number of benzene rings is 6. The molecule has 1 aliphatic heterocycles. The van der Waals surface area contributed by atoms with Gasteiger partial charge >= 0.3 is 23.2 Å². The van der Waals surface area contributed by atoms with Gasteiger partial charge in [0.25, 0.3) is 0 Å². The summed E-state index contributed by atoms with van der Waals surface area (Å²) in [7, 11) is 0. The predicted molar refractivity (Wildman–Crippen MR) is 267 cm³/mol. The van der Waals surface area contributed by atoms with Crippen LogP contribution in [0.3, 0.4) is 0 Å². The number of esters is 2. The summed E-state index contributed by atoms with van der Waals surface area (Å²) < 4.78 is 34.8. The van der Waals surface area contributed by atoms with E-state index in [1.165, 1.54) is 24.3 Å². The summed E-state index contributed by atoms with van der Waals surface area (Å²) in [5.41, 5.74) is 0.392. The lowest BCUT2D eigenvalue weighted by molar-refractivity contribution is 0.0399. The Bertz CT molecular complexity index is 2960. The fourth-order valence-corrected chi connectivity index (χ4v) is 8.00. The Morgan fingerprint density at radius 2 is 0.771 bits per heavy atom. The summed E-state index contributed by atoms with van der Waals surface area (Å²) in [6.07, 6.45) is 12.8. The van der Waals surface area contributed by atoms with E-state index in [4.69, 9.17) is 28.1 Å². The Hall–Kier alpha value is -8.38. The van der Waals surface area contributed by atoms with Crippen molar-refractivity contribution in [3.05, 3.63) is 200 Å². The Morgan fingerprint density at radius 1 is 0.400 bits per heavy atom. The highest BCUT2D eigenvalue weighted by Crippen LogP contribution is 2.39. The average molecular weight is 939 g/mol. The van der Waals surface area contributed by atoms with Crippen molar-refractivity contribution >= 4 is 57.2 Å². The van der Waals surface area contributed by atoms with Crippen LogP contribution in [-0.4, -0.2) is 49.9 Å². The van der Waals surface area contributed by atoms with Crippen LogP contribution < -0.4 is 30.2 Å². The van der Waals surface area contributed by atoms with Crippen molar-refractivity contribution in [1.82, 2.24) is 0 Å². The number of hydrogen-bond donors (Lipinski definition) is 0. The first-order chi connectivity index (χ1) is 34.2. The van der Waals surface area contributed by atoms with Crippen LogP contribution in [0.25, 0.3) is 33.7 Å². The molecule has 0 aliphatic carbocycles. The molecule has 1 aliphatic rings. The second kappa shape index (κ2) is 23.6. The van der Waals surface area contributed by atoms with Crippen LogP contribution >= 0.6 is 0 Å². The van der Waals surface area contributed by atoms with Gasteiger partial charge in [-0.15, -0.1) is 0 Å². The van der Waals surface area contributed by atoms with Crippen molar-refractivity contribution in [2.45, 2.75) is 51.4 Å². The summed E-state index contributed by atoms with van der Waals surface area (Å²) >= 11 is 0. The van der Waals surface area contributed by atoms with Gasteiger partial charge in [0.1, 0.15) is 23.0 Å². The number of carbonyl (C=O) groups excluding carboxylic acids is 4. The van der Waals surface area contributed by atoms with E-state index >= 15 is 0 Å². The van der Waals surface area contributed by atoms with Gasteiger partial charge in [-0.05, 0) is 123 Å². The van der Waals surface area contributed by atoms with Crippen molar-refractivity contribution in [2.24, 2.45) is 0 Å². The van der Waals surface area contributed by atoms with Gasteiger partial charge in [-0.3, -0.25) is 9.59 Å². The van der Waals surface area contributed by atoms with E-state index in [9.17, 15) is 28.8 Å². The van der Waals surface area contributed by atoms with Gasteiger partial charge in [-0.2, -0.15) is 0 Å². The molecular formula is C58H50O12. The molecule has 0 saturated heterocycles. The number of hydrogen-bond acceptors (Lipinski definition) is 12. The van der Waals surface area contributed by atoms with E-state index in [1.54, 1.807) is 48.6 Å². The molecule has 0 spiro atoms.